The number of ether oxygens (including phenoxy) is 1. The van der Waals surface area contributed by atoms with Crippen molar-refractivity contribution in [3.63, 3.8) is 0 Å². The van der Waals surface area contributed by atoms with E-state index in [1.165, 1.54) is 18.5 Å². The van der Waals surface area contributed by atoms with E-state index in [-0.39, 0.29) is 5.56 Å². The second-order valence-electron chi connectivity index (χ2n) is 6.11. The molecule has 8 heteroatoms. The van der Waals surface area contributed by atoms with Gasteiger partial charge in [-0.2, -0.15) is 13.2 Å². The third-order valence-electron chi connectivity index (χ3n) is 4.07. The molecular weight excluding hydrogens is 369 g/mol. The lowest BCUT2D eigenvalue weighted by Crippen LogP contribution is -2.13. The van der Waals surface area contributed by atoms with Crippen molar-refractivity contribution in [1.29, 1.82) is 0 Å². The molecule has 0 aliphatic heterocycles. The van der Waals surface area contributed by atoms with Crippen LogP contribution in [0.25, 0.3) is 0 Å². The van der Waals surface area contributed by atoms with Crippen LogP contribution in [0.4, 0.5) is 36.2 Å². The minimum atomic E-state index is -4.22. The fourth-order valence-corrected chi connectivity index (χ4v) is 2.71. The zero-order valence-electron chi connectivity index (χ0n) is 15.4. The number of methoxy groups -OCH3 is 1. The first-order chi connectivity index (χ1) is 13.4. The Morgan fingerprint density at radius 3 is 2.43 bits per heavy atom. The topological polar surface area (TPSA) is 50.3 Å². The Bertz CT molecular complexity index is 929. The number of para-hydroxylation sites is 2. The van der Waals surface area contributed by atoms with Crippen LogP contribution in [0.15, 0.2) is 60.9 Å². The number of nitrogens with zero attached hydrogens (tertiary/aromatic N) is 3. The van der Waals surface area contributed by atoms with Gasteiger partial charge in [0.1, 0.15) is 23.7 Å². The monoisotopic (exact) mass is 388 g/mol. The molecule has 0 saturated heterocycles. The highest BCUT2D eigenvalue weighted by atomic mass is 19.4. The molecule has 0 bridgehead atoms. The highest BCUT2D eigenvalue weighted by molar-refractivity contribution is 5.68. The van der Waals surface area contributed by atoms with Gasteiger partial charge in [0.2, 0.25) is 0 Å². The first kappa shape index (κ1) is 19.5. The van der Waals surface area contributed by atoms with Gasteiger partial charge in [0.25, 0.3) is 0 Å². The Morgan fingerprint density at radius 2 is 1.75 bits per heavy atom. The molecule has 3 rings (SSSR count). The average Bonchev–Trinajstić information content (AvgIpc) is 2.68. The van der Waals surface area contributed by atoms with Gasteiger partial charge in [-0.15, -0.1) is 0 Å². The minimum absolute atomic E-state index is 0.206. The second kappa shape index (κ2) is 8.16. The Kier molecular flexibility index (Phi) is 5.67. The first-order valence-electron chi connectivity index (χ1n) is 8.47. The first-order valence-corrected chi connectivity index (χ1v) is 8.47. The summed E-state index contributed by atoms with van der Waals surface area (Å²) in [6, 6.07) is 15.4. The number of rotatable bonds is 6. The Hall–Kier alpha value is -3.29. The number of anilines is 4. The van der Waals surface area contributed by atoms with Crippen molar-refractivity contribution in [3.8, 4) is 5.75 Å². The molecular formula is C20H19F3N4O. The fourth-order valence-electron chi connectivity index (χ4n) is 2.71. The molecule has 0 amide bonds. The molecule has 28 heavy (non-hydrogen) atoms. The summed E-state index contributed by atoms with van der Waals surface area (Å²) in [7, 11) is 3.46. The van der Waals surface area contributed by atoms with Gasteiger partial charge in [-0.1, -0.05) is 24.3 Å². The maximum absolute atomic E-state index is 12.5. The molecule has 3 aromatic rings. The second-order valence-corrected chi connectivity index (χ2v) is 6.11. The number of hydrogen-bond acceptors (Lipinski definition) is 5. The molecule has 1 heterocycles. The van der Waals surface area contributed by atoms with Gasteiger partial charge in [0.05, 0.1) is 19.2 Å². The number of benzene rings is 2. The van der Waals surface area contributed by atoms with Gasteiger partial charge < -0.3 is 15.0 Å². The van der Waals surface area contributed by atoms with Crippen LogP contribution in [0.5, 0.6) is 5.75 Å². The number of aromatic nitrogens is 2. The van der Waals surface area contributed by atoms with E-state index in [2.05, 4.69) is 15.3 Å². The van der Waals surface area contributed by atoms with Crippen LogP contribution in [0.1, 0.15) is 5.56 Å². The third-order valence-corrected chi connectivity index (χ3v) is 4.07. The van der Waals surface area contributed by atoms with Crippen LogP contribution >= 0.6 is 0 Å². The smallest absolute Gasteiger partial charge is 0.393 e. The van der Waals surface area contributed by atoms with Crippen molar-refractivity contribution >= 4 is 23.0 Å². The summed E-state index contributed by atoms with van der Waals surface area (Å²) in [4.78, 5) is 10.3. The van der Waals surface area contributed by atoms with E-state index in [0.717, 1.165) is 5.69 Å². The van der Waals surface area contributed by atoms with Crippen LogP contribution in [0.3, 0.4) is 0 Å². The van der Waals surface area contributed by atoms with Crippen LogP contribution < -0.4 is 15.0 Å². The molecule has 146 valence electrons. The predicted octanol–water partition coefficient (Wildman–Crippen LogP) is 5.10. The largest absolute Gasteiger partial charge is 0.495 e. The quantitative estimate of drug-likeness (QED) is 0.637. The van der Waals surface area contributed by atoms with Gasteiger partial charge >= 0.3 is 6.18 Å². The highest BCUT2D eigenvalue weighted by Crippen LogP contribution is 2.32. The third kappa shape index (κ3) is 4.91. The molecule has 0 unspecified atom stereocenters. The van der Waals surface area contributed by atoms with Crippen molar-refractivity contribution in [1.82, 2.24) is 9.97 Å². The van der Waals surface area contributed by atoms with E-state index >= 15 is 0 Å². The summed E-state index contributed by atoms with van der Waals surface area (Å²) in [5.41, 5.74) is 1.68. The predicted molar refractivity (Wildman–Crippen MR) is 103 cm³/mol. The molecule has 0 fully saturated rings. The Labute approximate surface area is 160 Å². The SMILES string of the molecule is COc1ccccc1N(C)c1cc(Nc2ccc(CC(F)(F)F)cc2)ncn1. The van der Waals surface area contributed by atoms with Gasteiger partial charge in [0.15, 0.2) is 0 Å². The average molecular weight is 388 g/mol. The molecule has 0 aliphatic rings. The van der Waals surface area contributed by atoms with Crippen molar-refractivity contribution in [2.45, 2.75) is 12.6 Å². The van der Waals surface area contributed by atoms with Gasteiger partial charge in [-0.25, -0.2) is 9.97 Å². The lowest BCUT2D eigenvalue weighted by atomic mass is 10.1. The molecule has 0 atom stereocenters. The number of alkyl halides is 3. The standard InChI is InChI=1S/C20H19F3N4O/c1-27(16-5-3-4-6-17(16)28-2)19-11-18(24-13-25-19)26-15-9-7-14(8-10-15)12-20(21,22)23/h3-11,13H,12H2,1-2H3,(H,24,25,26). The van der Waals surface area contributed by atoms with E-state index in [1.54, 1.807) is 25.3 Å². The van der Waals surface area contributed by atoms with E-state index in [0.29, 0.717) is 23.1 Å². The Morgan fingerprint density at radius 1 is 1.04 bits per heavy atom. The summed E-state index contributed by atoms with van der Waals surface area (Å²) in [5.74, 6) is 1.87. The number of halogens is 3. The summed E-state index contributed by atoms with van der Waals surface area (Å²) < 4.78 is 42.7. The molecule has 2 aromatic carbocycles. The summed E-state index contributed by atoms with van der Waals surface area (Å²) >= 11 is 0. The van der Waals surface area contributed by atoms with Crippen LogP contribution in [-0.4, -0.2) is 30.3 Å². The van der Waals surface area contributed by atoms with Gasteiger partial charge in [-0.05, 0) is 29.8 Å². The van der Waals surface area contributed by atoms with Crippen molar-refractivity contribution in [3.05, 3.63) is 66.5 Å². The summed E-state index contributed by atoms with van der Waals surface area (Å²) in [6.07, 6.45) is -3.75. The van der Waals surface area contributed by atoms with Crippen LogP contribution in [0.2, 0.25) is 0 Å². The minimum Gasteiger partial charge on any atom is -0.495 e. The molecule has 0 spiro atoms. The summed E-state index contributed by atoms with van der Waals surface area (Å²) in [5, 5.41) is 3.08. The maximum Gasteiger partial charge on any atom is 0.393 e. The van der Waals surface area contributed by atoms with E-state index in [9.17, 15) is 13.2 Å². The van der Waals surface area contributed by atoms with E-state index in [1.807, 2.05) is 36.2 Å². The van der Waals surface area contributed by atoms with Crippen molar-refractivity contribution in [2.24, 2.45) is 0 Å². The van der Waals surface area contributed by atoms with Gasteiger partial charge in [-0.3, -0.25) is 0 Å². The molecule has 5 nitrogen and oxygen atoms in total. The number of hydrogen-bond donors (Lipinski definition) is 1. The zero-order valence-corrected chi connectivity index (χ0v) is 15.4. The maximum atomic E-state index is 12.5. The van der Waals surface area contributed by atoms with Crippen molar-refractivity contribution < 1.29 is 17.9 Å². The summed E-state index contributed by atoms with van der Waals surface area (Å²) in [6.45, 7) is 0. The van der Waals surface area contributed by atoms with E-state index in [4.69, 9.17) is 4.74 Å². The zero-order chi connectivity index (χ0) is 20.1. The molecule has 0 radical (unpaired) electrons. The van der Waals surface area contributed by atoms with Crippen LogP contribution in [-0.2, 0) is 6.42 Å². The van der Waals surface area contributed by atoms with Crippen molar-refractivity contribution in [2.75, 3.05) is 24.4 Å². The molecule has 1 N–H and O–H groups in total. The van der Waals surface area contributed by atoms with E-state index < -0.39 is 12.6 Å². The van der Waals surface area contributed by atoms with Crippen LogP contribution in [0, 0.1) is 0 Å². The van der Waals surface area contributed by atoms with Gasteiger partial charge in [0, 0.05) is 18.8 Å². The lowest BCUT2D eigenvalue weighted by Gasteiger charge is -2.21. The lowest BCUT2D eigenvalue weighted by molar-refractivity contribution is -0.127. The normalized spacial score (nSPS) is 11.2. The molecule has 0 saturated carbocycles. The number of nitrogens with one attached hydrogen (secondary N) is 1. The fraction of sp³-hybridized carbons (Fsp3) is 0.200. The highest BCUT2D eigenvalue weighted by Gasteiger charge is 2.27. The molecule has 0 aliphatic carbocycles. The Balaban J connectivity index is 1.76. The molecule has 1 aromatic heterocycles.